The van der Waals surface area contributed by atoms with Gasteiger partial charge in [0.2, 0.25) is 0 Å². The third-order valence-corrected chi connectivity index (χ3v) is 3.56. The zero-order valence-electron chi connectivity index (χ0n) is 12.1. The second-order valence-electron chi connectivity index (χ2n) is 5.65. The number of halogens is 1. The highest BCUT2D eigenvalue weighted by Crippen LogP contribution is 2.25. The van der Waals surface area contributed by atoms with Crippen molar-refractivity contribution in [2.24, 2.45) is 0 Å². The molecule has 0 N–H and O–H groups in total. The highest BCUT2D eigenvalue weighted by Gasteiger charge is 2.33. The maximum Gasteiger partial charge on any atom is 0.132 e. The van der Waals surface area contributed by atoms with Crippen molar-refractivity contribution < 1.29 is 4.74 Å². The van der Waals surface area contributed by atoms with E-state index in [2.05, 4.69) is 41.7 Å². The lowest BCUT2D eigenvalue weighted by atomic mass is 10.1. The van der Waals surface area contributed by atoms with Crippen molar-refractivity contribution in [3.63, 3.8) is 0 Å². The first-order chi connectivity index (χ1) is 8.93. The summed E-state index contributed by atoms with van der Waals surface area (Å²) in [6.45, 7) is 9.83. The van der Waals surface area contributed by atoms with E-state index in [9.17, 15) is 0 Å². The van der Waals surface area contributed by atoms with Crippen LogP contribution in [0.1, 0.15) is 32.3 Å². The average molecular weight is 284 g/mol. The van der Waals surface area contributed by atoms with Crippen LogP contribution in [-0.2, 0) is 11.2 Å². The van der Waals surface area contributed by atoms with E-state index in [0.29, 0.717) is 5.88 Å². The van der Waals surface area contributed by atoms with Gasteiger partial charge in [-0.1, -0.05) is 6.92 Å². The minimum atomic E-state index is -0.205. The molecule has 4 nitrogen and oxygen atoms in total. The van der Waals surface area contributed by atoms with E-state index in [-0.39, 0.29) is 11.7 Å². The van der Waals surface area contributed by atoms with Gasteiger partial charge in [-0.25, -0.2) is 9.97 Å². The van der Waals surface area contributed by atoms with Crippen LogP contribution in [0.2, 0.25) is 0 Å². The third kappa shape index (κ3) is 3.57. The summed E-state index contributed by atoms with van der Waals surface area (Å²) in [6.07, 6.45) is 0.967. The standard InChI is InChI=1S/C14H22ClN3O/c1-5-11-6-13(17-10(2)16-11)18-8-12(7-15)19-14(3,4)9-18/h6,12H,5,7-9H2,1-4H3. The Morgan fingerprint density at radius 3 is 2.84 bits per heavy atom. The van der Waals surface area contributed by atoms with Gasteiger partial charge in [-0.05, 0) is 27.2 Å². The molecule has 1 unspecified atom stereocenters. The van der Waals surface area contributed by atoms with E-state index < -0.39 is 0 Å². The van der Waals surface area contributed by atoms with Crippen LogP contribution in [0, 0.1) is 6.92 Å². The summed E-state index contributed by atoms with van der Waals surface area (Å²) in [4.78, 5) is 11.2. The topological polar surface area (TPSA) is 38.2 Å². The number of morpholine rings is 1. The van der Waals surface area contributed by atoms with Gasteiger partial charge >= 0.3 is 0 Å². The fourth-order valence-corrected chi connectivity index (χ4v) is 2.67. The summed E-state index contributed by atoms with van der Waals surface area (Å²) in [5.74, 6) is 2.31. The number of alkyl halides is 1. The summed E-state index contributed by atoms with van der Waals surface area (Å²) in [7, 11) is 0. The zero-order chi connectivity index (χ0) is 14.0. The lowest BCUT2D eigenvalue weighted by Gasteiger charge is -2.43. The number of aryl methyl sites for hydroxylation is 2. The molecule has 19 heavy (non-hydrogen) atoms. The number of aromatic nitrogens is 2. The van der Waals surface area contributed by atoms with Gasteiger partial charge in [-0.2, -0.15) is 0 Å². The molecule has 0 bridgehead atoms. The SMILES string of the molecule is CCc1cc(N2CC(CCl)OC(C)(C)C2)nc(C)n1. The normalized spacial score (nSPS) is 22.6. The first kappa shape index (κ1) is 14.5. The molecule has 2 heterocycles. The van der Waals surface area contributed by atoms with Crippen molar-refractivity contribution >= 4 is 17.4 Å². The summed E-state index contributed by atoms with van der Waals surface area (Å²) < 4.78 is 5.94. The Balaban J connectivity index is 2.27. The monoisotopic (exact) mass is 283 g/mol. The molecule has 0 aliphatic carbocycles. The molecule has 5 heteroatoms. The molecule has 1 aliphatic heterocycles. The number of hydrogen-bond acceptors (Lipinski definition) is 4. The number of rotatable bonds is 3. The largest absolute Gasteiger partial charge is 0.367 e. The van der Waals surface area contributed by atoms with E-state index in [0.717, 1.165) is 36.8 Å². The first-order valence-electron chi connectivity index (χ1n) is 6.77. The number of hydrogen-bond donors (Lipinski definition) is 0. The molecule has 0 radical (unpaired) electrons. The van der Waals surface area contributed by atoms with Crippen molar-refractivity contribution in [3.05, 3.63) is 17.6 Å². The lowest BCUT2D eigenvalue weighted by molar-refractivity contribution is -0.0736. The molecule has 1 aliphatic rings. The smallest absolute Gasteiger partial charge is 0.132 e. The number of anilines is 1. The number of nitrogens with zero attached hydrogens (tertiary/aromatic N) is 3. The Kier molecular flexibility index (Phi) is 4.31. The molecule has 0 spiro atoms. The van der Waals surface area contributed by atoms with Gasteiger partial charge in [0, 0.05) is 24.8 Å². The quantitative estimate of drug-likeness (QED) is 0.799. The molecular weight excluding hydrogens is 262 g/mol. The Bertz CT molecular complexity index is 450. The molecule has 1 atom stereocenters. The van der Waals surface area contributed by atoms with Crippen molar-refractivity contribution in [2.45, 2.75) is 45.8 Å². The van der Waals surface area contributed by atoms with Crippen LogP contribution >= 0.6 is 11.6 Å². The average Bonchev–Trinajstić information content (AvgIpc) is 2.36. The van der Waals surface area contributed by atoms with Crippen LogP contribution in [0.3, 0.4) is 0 Å². The zero-order valence-corrected chi connectivity index (χ0v) is 12.9. The van der Waals surface area contributed by atoms with Gasteiger partial charge in [-0.15, -0.1) is 11.6 Å². The van der Waals surface area contributed by atoms with Gasteiger partial charge in [0.05, 0.1) is 17.6 Å². The first-order valence-corrected chi connectivity index (χ1v) is 7.30. The van der Waals surface area contributed by atoms with Crippen LogP contribution in [0.5, 0.6) is 0 Å². The summed E-state index contributed by atoms with van der Waals surface area (Å²) >= 11 is 5.97. The molecule has 1 saturated heterocycles. The molecule has 106 valence electrons. The van der Waals surface area contributed by atoms with Crippen LogP contribution < -0.4 is 4.90 Å². The van der Waals surface area contributed by atoms with Crippen LogP contribution in [0.15, 0.2) is 6.07 Å². The summed E-state index contributed by atoms with van der Waals surface area (Å²) in [6, 6.07) is 2.07. The van der Waals surface area contributed by atoms with Gasteiger partial charge in [-0.3, -0.25) is 0 Å². The molecule has 1 aromatic heterocycles. The van der Waals surface area contributed by atoms with E-state index in [1.807, 2.05) is 6.92 Å². The molecule has 1 aromatic rings. The predicted molar refractivity (Wildman–Crippen MR) is 78.0 cm³/mol. The Morgan fingerprint density at radius 1 is 1.47 bits per heavy atom. The highest BCUT2D eigenvalue weighted by atomic mass is 35.5. The van der Waals surface area contributed by atoms with E-state index in [4.69, 9.17) is 16.3 Å². The van der Waals surface area contributed by atoms with Gasteiger partial charge in [0.25, 0.3) is 0 Å². The molecule has 2 rings (SSSR count). The van der Waals surface area contributed by atoms with Gasteiger partial charge in [0.1, 0.15) is 11.6 Å². The van der Waals surface area contributed by atoms with Crippen LogP contribution in [0.4, 0.5) is 5.82 Å². The fourth-order valence-electron chi connectivity index (χ4n) is 2.51. The molecule has 0 amide bonds. The third-order valence-electron chi connectivity index (χ3n) is 3.22. The second-order valence-corrected chi connectivity index (χ2v) is 5.96. The van der Waals surface area contributed by atoms with E-state index in [1.54, 1.807) is 0 Å². The molecule has 0 saturated carbocycles. The fraction of sp³-hybridized carbons (Fsp3) is 0.714. The highest BCUT2D eigenvalue weighted by molar-refractivity contribution is 6.18. The maximum atomic E-state index is 5.97. The lowest BCUT2D eigenvalue weighted by Crippen LogP contribution is -2.53. The summed E-state index contributed by atoms with van der Waals surface area (Å²) in [5.41, 5.74) is 0.873. The van der Waals surface area contributed by atoms with Gasteiger partial charge < -0.3 is 9.64 Å². The van der Waals surface area contributed by atoms with Gasteiger partial charge in [0.15, 0.2) is 0 Å². The van der Waals surface area contributed by atoms with Crippen molar-refractivity contribution in [3.8, 4) is 0 Å². The predicted octanol–water partition coefficient (Wildman–Crippen LogP) is 2.57. The van der Waals surface area contributed by atoms with Crippen LogP contribution in [0.25, 0.3) is 0 Å². The molecule has 0 aromatic carbocycles. The number of ether oxygens (including phenoxy) is 1. The Labute approximate surface area is 120 Å². The van der Waals surface area contributed by atoms with Crippen LogP contribution in [-0.4, -0.2) is 40.6 Å². The minimum absolute atomic E-state index is 0.0470. The van der Waals surface area contributed by atoms with Crippen molar-refractivity contribution in [1.29, 1.82) is 0 Å². The minimum Gasteiger partial charge on any atom is -0.367 e. The Hall–Kier alpha value is -0.870. The van der Waals surface area contributed by atoms with E-state index >= 15 is 0 Å². The molecule has 1 fully saturated rings. The summed E-state index contributed by atoms with van der Waals surface area (Å²) in [5, 5.41) is 0. The van der Waals surface area contributed by atoms with Crippen molar-refractivity contribution in [2.75, 3.05) is 23.9 Å². The van der Waals surface area contributed by atoms with Crippen molar-refractivity contribution in [1.82, 2.24) is 9.97 Å². The molecular formula is C14H22ClN3O. The second kappa shape index (κ2) is 5.63. The van der Waals surface area contributed by atoms with E-state index in [1.165, 1.54) is 0 Å². The Morgan fingerprint density at radius 2 is 2.21 bits per heavy atom. The maximum absolute atomic E-state index is 5.97.